The number of aliphatic imine (C=N–C) groups is 1. The first-order valence-corrected chi connectivity index (χ1v) is 8.92. The monoisotopic (exact) mass is 354 g/mol. The number of hydrogen-bond acceptors (Lipinski definition) is 4. The number of imidazole rings is 1. The Hall–Kier alpha value is -2.67. The van der Waals surface area contributed by atoms with E-state index in [1.54, 1.807) is 24.6 Å². The van der Waals surface area contributed by atoms with Crippen molar-refractivity contribution in [3.8, 4) is 5.82 Å². The van der Waals surface area contributed by atoms with Gasteiger partial charge in [-0.2, -0.15) is 0 Å². The highest BCUT2D eigenvalue weighted by molar-refractivity contribution is 7.11. The summed E-state index contributed by atoms with van der Waals surface area (Å²) in [7, 11) is 1.78. The van der Waals surface area contributed by atoms with Crippen LogP contribution < -0.4 is 10.6 Å². The molecule has 0 radical (unpaired) electrons. The van der Waals surface area contributed by atoms with Gasteiger partial charge in [0, 0.05) is 41.9 Å². The summed E-state index contributed by atoms with van der Waals surface area (Å²) >= 11 is 1.79. The largest absolute Gasteiger partial charge is 0.352 e. The highest BCUT2D eigenvalue weighted by atomic mass is 32.1. The van der Waals surface area contributed by atoms with Crippen LogP contribution in [0.15, 0.2) is 47.8 Å². The van der Waals surface area contributed by atoms with Crippen LogP contribution >= 0.6 is 11.3 Å². The summed E-state index contributed by atoms with van der Waals surface area (Å²) < 4.78 is 1.96. The summed E-state index contributed by atoms with van der Waals surface area (Å²) in [6, 6.07) is 8.33. The highest BCUT2D eigenvalue weighted by Gasteiger charge is 2.04. The van der Waals surface area contributed by atoms with Gasteiger partial charge >= 0.3 is 0 Å². The molecular formula is C18H22N6S. The van der Waals surface area contributed by atoms with Gasteiger partial charge in [-0.25, -0.2) is 9.97 Å². The Balaban J connectivity index is 1.54. The third-order valence-electron chi connectivity index (χ3n) is 3.79. The zero-order valence-electron chi connectivity index (χ0n) is 14.7. The van der Waals surface area contributed by atoms with Gasteiger partial charge in [0.25, 0.3) is 0 Å². The minimum absolute atomic E-state index is 0.666. The van der Waals surface area contributed by atoms with Gasteiger partial charge in [0.2, 0.25) is 0 Å². The second-order valence-corrected chi connectivity index (χ2v) is 7.03. The number of aromatic nitrogens is 3. The van der Waals surface area contributed by atoms with Gasteiger partial charge in [0.1, 0.15) is 11.6 Å². The van der Waals surface area contributed by atoms with Crippen LogP contribution in [0.3, 0.4) is 0 Å². The fourth-order valence-corrected chi connectivity index (χ4v) is 3.27. The van der Waals surface area contributed by atoms with Crippen LogP contribution in [-0.2, 0) is 13.1 Å². The van der Waals surface area contributed by atoms with E-state index in [2.05, 4.69) is 50.7 Å². The molecule has 0 aliphatic heterocycles. The van der Waals surface area contributed by atoms with E-state index in [0.29, 0.717) is 6.54 Å². The summed E-state index contributed by atoms with van der Waals surface area (Å²) in [6.45, 7) is 5.51. The predicted molar refractivity (Wildman–Crippen MR) is 102 cm³/mol. The predicted octanol–water partition coefficient (Wildman–Crippen LogP) is 2.81. The van der Waals surface area contributed by atoms with Crippen molar-refractivity contribution in [1.29, 1.82) is 0 Å². The first kappa shape index (κ1) is 17.2. The van der Waals surface area contributed by atoms with Gasteiger partial charge in [0.05, 0.1) is 6.54 Å². The Labute approximate surface area is 151 Å². The van der Waals surface area contributed by atoms with Crippen LogP contribution in [0.5, 0.6) is 0 Å². The van der Waals surface area contributed by atoms with E-state index in [9.17, 15) is 0 Å². The van der Waals surface area contributed by atoms with Crippen molar-refractivity contribution in [2.45, 2.75) is 26.9 Å². The molecule has 3 heterocycles. The highest BCUT2D eigenvalue weighted by Crippen LogP contribution is 2.14. The fourth-order valence-electron chi connectivity index (χ4n) is 2.44. The molecule has 0 saturated heterocycles. The average molecular weight is 354 g/mol. The molecule has 0 atom stereocenters. The first-order valence-electron chi connectivity index (χ1n) is 8.11. The molecule has 0 amide bonds. The molecule has 7 heteroatoms. The summed E-state index contributed by atoms with van der Waals surface area (Å²) in [5.74, 6) is 2.57. The lowest BCUT2D eigenvalue weighted by Gasteiger charge is -2.11. The average Bonchev–Trinajstić information content (AvgIpc) is 3.24. The van der Waals surface area contributed by atoms with E-state index in [1.165, 1.54) is 9.75 Å². The molecular weight excluding hydrogens is 332 g/mol. The first-order chi connectivity index (χ1) is 12.2. The number of thiophene rings is 1. The van der Waals surface area contributed by atoms with Crippen LogP contribution in [0.25, 0.3) is 5.82 Å². The van der Waals surface area contributed by atoms with Crippen molar-refractivity contribution in [3.05, 3.63) is 64.0 Å². The van der Waals surface area contributed by atoms with E-state index in [-0.39, 0.29) is 0 Å². The van der Waals surface area contributed by atoms with Crippen molar-refractivity contribution in [3.63, 3.8) is 0 Å². The number of rotatable bonds is 5. The molecule has 130 valence electrons. The second-order valence-electron chi connectivity index (χ2n) is 5.66. The zero-order valence-corrected chi connectivity index (χ0v) is 15.5. The number of nitrogens with zero attached hydrogens (tertiary/aromatic N) is 4. The Morgan fingerprint density at radius 2 is 1.96 bits per heavy atom. The van der Waals surface area contributed by atoms with Crippen molar-refractivity contribution in [2.75, 3.05) is 7.05 Å². The van der Waals surface area contributed by atoms with Crippen LogP contribution in [0.4, 0.5) is 0 Å². The Morgan fingerprint density at radius 3 is 2.56 bits per heavy atom. The van der Waals surface area contributed by atoms with Crippen LogP contribution in [0.1, 0.15) is 21.1 Å². The fraction of sp³-hybridized carbons (Fsp3) is 0.278. The lowest BCUT2D eigenvalue weighted by Crippen LogP contribution is -2.36. The van der Waals surface area contributed by atoms with Crippen molar-refractivity contribution in [2.24, 2.45) is 4.99 Å². The van der Waals surface area contributed by atoms with Gasteiger partial charge in [0.15, 0.2) is 5.96 Å². The molecule has 25 heavy (non-hydrogen) atoms. The number of hydrogen-bond donors (Lipinski definition) is 2. The third-order valence-corrected chi connectivity index (χ3v) is 4.79. The normalized spacial score (nSPS) is 11.6. The van der Waals surface area contributed by atoms with Crippen LogP contribution in [0, 0.1) is 13.8 Å². The molecule has 0 aliphatic carbocycles. The van der Waals surface area contributed by atoms with Gasteiger partial charge < -0.3 is 10.6 Å². The molecule has 0 aromatic carbocycles. The number of guanidine groups is 1. The zero-order chi connectivity index (χ0) is 17.6. The quantitative estimate of drug-likeness (QED) is 0.546. The lowest BCUT2D eigenvalue weighted by atomic mass is 10.3. The van der Waals surface area contributed by atoms with E-state index in [4.69, 9.17) is 0 Å². The summed E-state index contributed by atoms with van der Waals surface area (Å²) in [6.07, 6.45) is 5.56. The third kappa shape index (κ3) is 4.45. The van der Waals surface area contributed by atoms with E-state index >= 15 is 0 Å². The number of pyridine rings is 1. The van der Waals surface area contributed by atoms with Crippen molar-refractivity contribution >= 4 is 17.3 Å². The maximum atomic E-state index is 4.51. The molecule has 0 fully saturated rings. The van der Waals surface area contributed by atoms with Crippen LogP contribution in [-0.4, -0.2) is 27.5 Å². The Kier molecular flexibility index (Phi) is 5.45. The molecule has 3 rings (SSSR count). The molecule has 0 aliphatic rings. The van der Waals surface area contributed by atoms with E-state index in [1.807, 2.05) is 30.0 Å². The summed E-state index contributed by atoms with van der Waals surface area (Å²) in [4.78, 5) is 15.6. The molecule has 2 N–H and O–H groups in total. The topological polar surface area (TPSA) is 67.1 Å². The number of nitrogens with one attached hydrogen (secondary N) is 2. The van der Waals surface area contributed by atoms with Gasteiger partial charge in [-0.05, 0) is 37.6 Å². The molecule has 3 aromatic rings. The molecule has 6 nitrogen and oxygen atoms in total. The lowest BCUT2D eigenvalue weighted by molar-refractivity contribution is 0.811. The van der Waals surface area contributed by atoms with Crippen molar-refractivity contribution in [1.82, 2.24) is 25.2 Å². The molecule has 0 unspecified atom stereocenters. The van der Waals surface area contributed by atoms with Gasteiger partial charge in [-0.1, -0.05) is 6.07 Å². The SMILES string of the molecule is CN=C(NCc1ccc(-n2ccnc2C)nc1)NCc1ccc(C)s1. The Bertz CT molecular complexity index is 847. The molecule has 0 spiro atoms. The van der Waals surface area contributed by atoms with Crippen LogP contribution in [0.2, 0.25) is 0 Å². The number of aryl methyl sites for hydroxylation is 2. The van der Waals surface area contributed by atoms with Gasteiger partial charge in [-0.15, -0.1) is 11.3 Å². The Morgan fingerprint density at radius 1 is 1.12 bits per heavy atom. The molecule has 0 bridgehead atoms. The van der Waals surface area contributed by atoms with Gasteiger partial charge in [-0.3, -0.25) is 9.56 Å². The minimum atomic E-state index is 0.666. The molecule has 0 saturated carbocycles. The maximum absolute atomic E-state index is 4.51. The second kappa shape index (κ2) is 7.94. The summed E-state index contributed by atoms with van der Waals surface area (Å²) in [5.41, 5.74) is 1.09. The minimum Gasteiger partial charge on any atom is -0.352 e. The van der Waals surface area contributed by atoms with E-state index < -0.39 is 0 Å². The molecule has 3 aromatic heterocycles. The van der Waals surface area contributed by atoms with Crippen molar-refractivity contribution < 1.29 is 0 Å². The van der Waals surface area contributed by atoms with E-state index in [0.717, 1.165) is 29.7 Å². The standard InChI is InChI=1S/C18H22N6S/c1-13-4-6-16(25-13)12-23-18(19-3)22-11-15-5-7-17(21-10-15)24-9-8-20-14(24)2/h4-10H,11-12H2,1-3H3,(H2,19,22,23). The summed E-state index contributed by atoms with van der Waals surface area (Å²) in [5, 5.41) is 6.64. The smallest absolute Gasteiger partial charge is 0.191 e. The maximum Gasteiger partial charge on any atom is 0.191 e.